The molecule has 0 saturated carbocycles. The summed E-state index contributed by atoms with van der Waals surface area (Å²) in [7, 11) is 1.56. The summed E-state index contributed by atoms with van der Waals surface area (Å²) in [5.74, 6) is -0.0659. The van der Waals surface area contributed by atoms with E-state index in [1.165, 1.54) is 0 Å². The molecule has 1 unspecified atom stereocenters. The number of aliphatic hydroxyl groups is 1. The van der Waals surface area contributed by atoms with Gasteiger partial charge in [-0.3, -0.25) is 0 Å². The van der Waals surface area contributed by atoms with Crippen LogP contribution in [-0.4, -0.2) is 29.8 Å². The standard InChI is InChI=1S/C19H19NO4/c1-3-24-18(21)19(22,13-8-10-14(23-2)11-9-13)16-12-20-17-7-5-4-6-15(16)17/h4-12,20,22H,3H2,1-2H3. The van der Waals surface area contributed by atoms with Gasteiger partial charge in [-0.05, 0) is 30.7 Å². The molecule has 0 aliphatic heterocycles. The van der Waals surface area contributed by atoms with Crippen LogP contribution < -0.4 is 4.74 Å². The second-order valence-electron chi connectivity index (χ2n) is 5.41. The molecule has 3 rings (SSSR count). The summed E-state index contributed by atoms with van der Waals surface area (Å²) in [5, 5.41) is 12.1. The maximum Gasteiger partial charge on any atom is 0.347 e. The van der Waals surface area contributed by atoms with Crippen LogP contribution in [0.5, 0.6) is 5.75 Å². The molecular formula is C19H19NO4. The molecule has 0 fully saturated rings. The number of H-pyrrole nitrogens is 1. The number of aromatic nitrogens is 1. The molecule has 0 bridgehead atoms. The number of benzene rings is 2. The molecule has 124 valence electrons. The molecule has 24 heavy (non-hydrogen) atoms. The number of hydrogen-bond acceptors (Lipinski definition) is 4. The summed E-state index contributed by atoms with van der Waals surface area (Å²) >= 11 is 0. The predicted octanol–water partition coefficient (Wildman–Crippen LogP) is 2.98. The number of fused-ring (bicyclic) bond motifs is 1. The van der Waals surface area contributed by atoms with E-state index >= 15 is 0 Å². The number of hydrogen-bond donors (Lipinski definition) is 2. The van der Waals surface area contributed by atoms with Crippen molar-refractivity contribution in [3.8, 4) is 5.75 Å². The molecule has 0 aliphatic rings. The second kappa shape index (κ2) is 6.37. The predicted molar refractivity (Wildman–Crippen MR) is 90.9 cm³/mol. The lowest BCUT2D eigenvalue weighted by atomic mass is 9.86. The van der Waals surface area contributed by atoms with E-state index in [1.54, 1.807) is 44.5 Å². The Bertz CT molecular complexity index is 853. The van der Waals surface area contributed by atoms with E-state index in [9.17, 15) is 9.90 Å². The number of carbonyl (C=O) groups is 1. The van der Waals surface area contributed by atoms with Crippen LogP contribution in [0.25, 0.3) is 10.9 Å². The average Bonchev–Trinajstić information content (AvgIpc) is 3.06. The summed E-state index contributed by atoms with van der Waals surface area (Å²) < 4.78 is 10.3. The van der Waals surface area contributed by atoms with Crippen LogP contribution in [0.4, 0.5) is 0 Å². The Labute approximate surface area is 139 Å². The zero-order valence-electron chi connectivity index (χ0n) is 13.6. The fourth-order valence-electron chi connectivity index (χ4n) is 2.82. The molecule has 0 radical (unpaired) electrons. The monoisotopic (exact) mass is 325 g/mol. The van der Waals surface area contributed by atoms with Crippen molar-refractivity contribution in [3.63, 3.8) is 0 Å². The van der Waals surface area contributed by atoms with Crippen molar-refractivity contribution >= 4 is 16.9 Å². The summed E-state index contributed by atoms with van der Waals surface area (Å²) in [5.41, 5.74) is -0.182. The van der Waals surface area contributed by atoms with E-state index in [0.29, 0.717) is 16.9 Å². The molecule has 1 atom stereocenters. The van der Waals surface area contributed by atoms with Crippen molar-refractivity contribution in [2.75, 3.05) is 13.7 Å². The van der Waals surface area contributed by atoms with Crippen LogP contribution in [0.1, 0.15) is 18.1 Å². The van der Waals surface area contributed by atoms with Crippen molar-refractivity contribution < 1.29 is 19.4 Å². The van der Waals surface area contributed by atoms with Crippen molar-refractivity contribution in [2.24, 2.45) is 0 Å². The van der Waals surface area contributed by atoms with Gasteiger partial charge in [0.05, 0.1) is 13.7 Å². The lowest BCUT2D eigenvalue weighted by Gasteiger charge is -2.26. The van der Waals surface area contributed by atoms with Gasteiger partial charge in [0.25, 0.3) is 0 Å². The number of nitrogens with one attached hydrogen (secondary N) is 1. The third-order valence-electron chi connectivity index (χ3n) is 4.06. The molecule has 5 heteroatoms. The van der Waals surface area contributed by atoms with Crippen LogP contribution >= 0.6 is 0 Å². The average molecular weight is 325 g/mol. The minimum atomic E-state index is -1.90. The van der Waals surface area contributed by atoms with Crippen molar-refractivity contribution in [1.82, 2.24) is 4.98 Å². The van der Waals surface area contributed by atoms with Gasteiger partial charge >= 0.3 is 5.97 Å². The normalized spacial score (nSPS) is 13.5. The first-order valence-corrected chi connectivity index (χ1v) is 7.72. The largest absolute Gasteiger partial charge is 0.497 e. The summed E-state index contributed by atoms with van der Waals surface area (Å²) in [6.45, 7) is 1.89. The van der Waals surface area contributed by atoms with E-state index in [4.69, 9.17) is 9.47 Å². The zero-order chi connectivity index (χ0) is 17.2. The van der Waals surface area contributed by atoms with Gasteiger partial charge in [-0.1, -0.05) is 30.3 Å². The minimum Gasteiger partial charge on any atom is -0.497 e. The molecule has 2 aromatic carbocycles. The highest BCUT2D eigenvalue weighted by molar-refractivity contribution is 5.94. The SMILES string of the molecule is CCOC(=O)C(O)(c1ccc(OC)cc1)c1c[nH]c2ccccc12. The fraction of sp³-hybridized carbons (Fsp3) is 0.211. The summed E-state index contributed by atoms with van der Waals surface area (Å²) in [6, 6.07) is 14.2. The Balaban J connectivity index is 2.20. The van der Waals surface area contributed by atoms with E-state index in [0.717, 1.165) is 10.9 Å². The Morgan fingerprint density at radius 3 is 2.54 bits per heavy atom. The highest BCUT2D eigenvalue weighted by Crippen LogP contribution is 2.36. The Morgan fingerprint density at radius 1 is 1.17 bits per heavy atom. The summed E-state index contributed by atoms with van der Waals surface area (Å²) in [4.78, 5) is 15.7. The summed E-state index contributed by atoms with van der Waals surface area (Å²) in [6.07, 6.45) is 1.64. The van der Waals surface area contributed by atoms with Crippen molar-refractivity contribution in [2.45, 2.75) is 12.5 Å². The Hall–Kier alpha value is -2.79. The van der Waals surface area contributed by atoms with E-state index in [1.807, 2.05) is 24.3 Å². The number of aromatic amines is 1. The quantitative estimate of drug-likeness (QED) is 0.708. The lowest BCUT2D eigenvalue weighted by molar-refractivity contribution is -0.161. The molecule has 1 aromatic heterocycles. The maximum absolute atomic E-state index is 12.6. The van der Waals surface area contributed by atoms with Crippen LogP contribution in [-0.2, 0) is 15.1 Å². The molecule has 3 aromatic rings. The van der Waals surface area contributed by atoms with Crippen LogP contribution in [0.15, 0.2) is 54.7 Å². The molecule has 0 amide bonds. The van der Waals surface area contributed by atoms with Crippen molar-refractivity contribution in [1.29, 1.82) is 0 Å². The highest BCUT2D eigenvalue weighted by Gasteiger charge is 2.43. The molecule has 5 nitrogen and oxygen atoms in total. The van der Waals surface area contributed by atoms with Gasteiger partial charge in [0.15, 0.2) is 0 Å². The van der Waals surface area contributed by atoms with Gasteiger partial charge in [-0.15, -0.1) is 0 Å². The number of rotatable bonds is 5. The number of esters is 1. The third kappa shape index (κ3) is 2.53. The van der Waals surface area contributed by atoms with Crippen molar-refractivity contribution in [3.05, 3.63) is 65.9 Å². The molecule has 2 N–H and O–H groups in total. The fourth-order valence-corrected chi connectivity index (χ4v) is 2.82. The van der Waals surface area contributed by atoms with Gasteiger partial charge in [0, 0.05) is 22.7 Å². The first kappa shape index (κ1) is 16.1. The maximum atomic E-state index is 12.6. The molecule has 0 saturated heterocycles. The van der Waals surface area contributed by atoms with Gasteiger partial charge in [-0.2, -0.15) is 0 Å². The number of para-hydroxylation sites is 1. The first-order valence-electron chi connectivity index (χ1n) is 7.72. The van der Waals surface area contributed by atoms with Gasteiger partial charge in [0.2, 0.25) is 5.60 Å². The zero-order valence-corrected chi connectivity index (χ0v) is 13.6. The number of carbonyl (C=O) groups excluding carboxylic acids is 1. The van der Waals surface area contributed by atoms with Crippen LogP contribution in [0.2, 0.25) is 0 Å². The van der Waals surface area contributed by atoms with Gasteiger partial charge in [-0.25, -0.2) is 4.79 Å². The number of ether oxygens (including phenoxy) is 2. The van der Waals surface area contributed by atoms with Gasteiger partial charge in [0.1, 0.15) is 5.75 Å². The lowest BCUT2D eigenvalue weighted by Crippen LogP contribution is -2.38. The van der Waals surface area contributed by atoms with E-state index in [2.05, 4.69) is 4.98 Å². The third-order valence-corrected chi connectivity index (χ3v) is 4.06. The molecule has 0 spiro atoms. The molecular weight excluding hydrogens is 306 g/mol. The Morgan fingerprint density at radius 2 is 1.88 bits per heavy atom. The van der Waals surface area contributed by atoms with E-state index in [-0.39, 0.29) is 6.61 Å². The second-order valence-corrected chi connectivity index (χ2v) is 5.41. The molecule has 1 heterocycles. The smallest absolute Gasteiger partial charge is 0.347 e. The highest BCUT2D eigenvalue weighted by atomic mass is 16.5. The van der Waals surface area contributed by atoms with Crippen LogP contribution in [0, 0.1) is 0 Å². The van der Waals surface area contributed by atoms with Crippen LogP contribution in [0.3, 0.4) is 0 Å². The first-order chi connectivity index (χ1) is 11.6. The minimum absolute atomic E-state index is 0.180. The molecule has 0 aliphatic carbocycles. The number of methoxy groups -OCH3 is 1. The van der Waals surface area contributed by atoms with E-state index < -0.39 is 11.6 Å². The topological polar surface area (TPSA) is 71.6 Å². The Kier molecular flexibility index (Phi) is 4.27. The van der Waals surface area contributed by atoms with Gasteiger partial charge < -0.3 is 19.6 Å².